The lowest BCUT2D eigenvalue weighted by molar-refractivity contribution is 0.101. The van der Waals surface area contributed by atoms with Gasteiger partial charge in [-0.25, -0.2) is 8.78 Å². The fraction of sp³-hybridized carbons (Fsp3) is 0.0625. The molecule has 4 nitrogen and oxygen atoms in total. The highest BCUT2D eigenvalue weighted by atomic mass is 32.2. The summed E-state index contributed by atoms with van der Waals surface area (Å²) in [6.07, 6.45) is 0. The van der Waals surface area contributed by atoms with Crippen LogP contribution in [0.4, 0.5) is 8.78 Å². The van der Waals surface area contributed by atoms with Gasteiger partial charge >= 0.3 is 0 Å². The number of aromatic nitrogens is 2. The maximum absolute atomic E-state index is 13.5. The molecule has 3 rings (SSSR count). The number of hydrogen-bond donors (Lipinski definition) is 0. The van der Waals surface area contributed by atoms with Crippen LogP contribution in [0.3, 0.4) is 0 Å². The normalized spacial score (nSPS) is 10.7. The molecule has 2 aromatic carbocycles. The van der Waals surface area contributed by atoms with Gasteiger partial charge in [0.05, 0.1) is 11.3 Å². The molecule has 23 heavy (non-hydrogen) atoms. The summed E-state index contributed by atoms with van der Waals surface area (Å²) in [6.45, 7) is 0. The fourth-order valence-electron chi connectivity index (χ4n) is 1.87. The molecule has 0 saturated heterocycles. The molecule has 0 bridgehead atoms. The lowest BCUT2D eigenvalue weighted by atomic mass is 10.1. The first-order valence-corrected chi connectivity index (χ1v) is 7.62. The van der Waals surface area contributed by atoms with Crippen LogP contribution in [-0.4, -0.2) is 21.7 Å². The number of rotatable bonds is 5. The van der Waals surface area contributed by atoms with E-state index < -0.39 is 5.82 Å². The molecule has 3 aromatic rings. The van der Waals surface area contributed by atoms with E-state index in [0.29, 0.717) is 5.56 Å². The van der Waals surface area contributed by atoms with Gasteiger partial charge in [0.25, 0.3) is 5.22 Å². The Balaban J connectivity index is 1.67. The number of benzene rings is 2. The number of thioether (sulfide) groups is 1. The molecule has 116 valence electrons. The monoisotopic (exact) mass is 332 g/mol. The third-order valence-electron chi connectivity index (χ3n) is 3.00. The Bertz CT molecular complexity index is 834. The molecular formula is C16H10F2N2O2S. The van der Waals surface area contributed by atoms with E-state index in [4.69, 9.17) is 4.42 Å². The maximum Gasteiger partial charge on any atom is 0.277 e. The van der Waals surface area contributed by atoms with Crippen molar-refractivity contribution in [3.63, 3.8) is 0 Å². The van der Waals surface area contributed by atoms with Gasteiger partial charge in [-0.3, -0.25) is 4.79 Å². The number of Topliss-reactive ketones (excluding diaryl/α,β-unsaturated/α-hetero) is 1. The first kappa shape index (κ1) is 15.4. The van der Waals surface area contributed by atoms with Crippen molar-refractivity contribution < 1.29 is 18.0 Å². The third-order valence-corrected chi connectivity index (χ3v) is 3.82. The predicted molar refractivity (Wildman–Crippen MR) is 81.1 cm³/mol. The van der Waals surface area contributed by atoms with E-state index in [2.05, 4.69) is 10.2 Å². The second-order valence-electron chi connectivity index (χ2n) is 4.57. The first-order chi connectivity index (χ1) is 11.1. The lowest BCUT2D eigenvalue weighted by Crippen LogP contribution is -2.04. The van der Waals surface area contributed by atoms with Crippen molar-refractivity contribution in [1.82, 2.24) is 10.2 Å². The van der Waals surface area contributed by atoms with Gasteiger partial charge in [-0.05, 0) is 36.4 Å². The number of ketones is 1. The molecule has 0 aliphatic carbocycles. The summed E-state index contributed by atoms with van der Waals surface area (Å²) in [5.74, 6) is -1.08. The first-order valence-electron chi connectivity index (χ1n) is 6.63. The second-order valence-corrected chi connectivity index (χ2v) is 5.50. The third kappa shape index (κ3) is 3.62. The standard InChI is InChI=1S/C16H10F2N2O2S/c17-11-7-5-10(6-8-11)15-19-20-16(22-15)23-9-14(21)12-3-1-2-4-13(12)18/h1-8H,9H2. The van der Waals surface area contributed by atoms with Crippen molar-refractivity contribution in [2.24, 2.45) is 0 Å². The molecule has 0 fully saturated rings. The van der Waals surface area contributed by atoms with Gasteiger partial charge in [-0.15, -0.1) is 10.2 Å². The van der Waals surface area contributed by atoms with Crippen LogP contribution in [0.2, 0.25) is 0 Å². The Morgan fingerprint density at radius 2 is 1.78 bits per heavy atom. The number of carbonyl (C=O) groups is 1. The topological polar surface area (TPSA) is 56.0 Å². The molecular weight excluding hydrogens is 322 g/mol. The Morgan fingerprint density at radius 3 is 2.52 bits per heavy atom. The van der Waals surface area contributed by atoms with E-state index in [-0.39, 0.29) is 34.0 Å². The molecule has 0 N–H and O–H groups in total. The summed E-state index contributed by atoms with van der Waals surface area (Å²) in [5.41, 5.74) is 0.601. The minimum absolute atomic E-state index is 0.0218. The van der Waals surface area contributed by atoms with Gasteiger partial charge < -0.3 is 4.42 Å². The smallest absolute Gasteiger partial charge is 0.277 e. The summed E-state index contributed by atoms with van der Waals surface area (Å²) >= 11 is 1.02. The minimum atomic E-state index is -0.560. The summed E-state index contributed by atoms with van der Waals surface area (Å²) in [6, 6.07) is 11.4. The van der Waals surface area contributed by atoms with Crippen molar-refractivity contribution in [3.8, 4) is 11.5 Å². The van der Waals surface area contributed by atoms with E-state index in [9.17, 15) is 13.6 Å². The largest absolute Gasteiger partial charge is 0.411 e. The van der Waals surface area contributed by atoms with Crippen LogP contribution in [0.5, 0.6) is 0 Å². The Kier molecular flexibility index (Phi) is 4.47. The molecule has 1 aromatic heterocycles. The average molecular weight is 332 g/mol. The maximum atomic E-state index is 13.5. The van der Waals surface area contributed by atoms with E-state index in [1.54, 1.807) is 6.07 Å². The lowest BCUT2D eigenvalue weighted by Gasteiger charge is -2.00. The quantitative estimate of drug-likeness (QED) is 0.522. The van der Waals surface area contributed by atoms with Crippen molar-refractivity contribution in [2.45, 2.75) is 5.22 Å². The molecule has 0 aliphatic heterocycles. The van der Waals surface area contributed by atoms with Crippen molar-refractivity contribution >= 4 is 17.5 Å². The zero-order valence-corrected chi connectivity index (χ0v) is 12.5. The summed E-state index contributed by atoms with van der Waals surface area (Å²) in [7, 11) is 0. The van der Waals surface area contributed by atoms with Gasteiger partial charge in [0.15, 0.2) is 5.78 Å². The van der Waals surface area contributed by atoms with E-state index in [1.807, 2.05) is 0 Å². The zero-order valence-electron chi connectivity index (χ0n) is 11.7. The number of carbonyl (C=O) groups excluding carboxylic acids is 1. The SMILES string of the molecule is O=C(CSc1nnc(-c2ccc(F)cc2)o1)c1ccccc1F. The van der Waals surface area contributed by atoms with Crippen LogP contribution in [0.1, 0.15) is 10.4 Å². The average Bonchev–Trinajstić information content (AvgIpc) is 3.03. The van der Waals surface area contributed by atoms with Crippen molar-refractivity contribution in [2.75, 3.05) is 5.75 Å². The van der Waals surface area contributed by atoms with Crippen molar-refractivity contribution in [3.05, 3.63) is 65.7 Å². The van der Waals surface area contributed by atoms with Crippen LogP contribution >= 0.6 is 11.8 Å². The molecule has 0 atom stereocenters. The number of nitrogens with zero attached hydrogens (tertiary/aromatic N) is 2. The van der Waals surface area contributed by atoms with Crippen LogP contribution in [-0.2, 0) is 0 Å². The molecule has 0 amide bonds. The zero-order chi connectivity index (χ0) is 16.2. The van der Waals surface area contributed by atoms with Gasteiger partial charge in [-0.1, -0.05) is 23.9 Å². The van der Waals surface area contributed by atoms with E-state index >= 15 is 0 Å². The fourth-order valence-corrected chi connectivity index (χ4v) is 2.52. The highest BCUT2D eigenvalue weighted by Crippen LogP contribution is 2.24. The molecule has 0 spiro atoms. The van der Waals surface area contributed by atoms with Gasteiger partial charge in [-0.2, -0.15) is 0 Å². The van der Waals surface area contributed by atoms with E-state index in [0.717, 1.165) is 11.8 Å². The van der Waals surface area contributed by atoms with Gasteiger partial charge in [0, 0.05) is 5.56 Å². The van der Waals surface area contributed by atoms with Crippen LogP contribution in [0.25, 0.3) is 11.5 Å². The van der Waals surface area contributed by atoms with Crippen LogP contribution < -0.4 is 0 Å². The molecule has 1 heterocycles. The summed E-state index contributed by atoms with van der Waals surface area (Å²) in [5, 5.41) is 7.84. The summed E-state index contributed by atoms with van der Waals surface area (Å²) in [4.78, 5) is 12.0. The van der Waals surface area contributed by atoms with Gasteiger partial charge in [0.1, 0.15) is 11.6 Å². The molecule has 7 heteroatoms. The van der Waals surface area contributed by atoms with Crippen LogP contribution in [0, 0.1) is 11.6 Å². The molecule has 0 unspecified atom stereocenters. The minimum Gasteiger partial charge on any atom is -0.411 e. The Morgan fingerprint density at radius 1 is 1.04 bits per heavy atom. The molecule has 0 aliphatic rings. The Labute approximate surface area is 134 Å². The Hall–Kier alpha value is -2.54. The molecule has 0 radical (unpaired) electrons. The number of hydrogen-bond acceptors (Lipinski definition) is 5. The van der Waals surface area contributed by atoms with Gasteiger partial charge in [0.2, 0.25) is 5.89 Å². The second kappa shape index (κ2) is 6.70. The summed E-state index contributed by atoms with van der Waals surface area (Å²) < 4.78 is 31.8. The molecule has 0 saturated carbocycles. The predicted octanol–water partition coefficient (Wildman–Crippen LogP) is 3.99. The highest BCUT2D eigenvalue weighted by Gasteiger charge is 2.14. The highest BCUT2D eigenvalue weighted by molar-refractivity contribution is 7.99. The van der Waals surface area contributed by atoms with E-state index in [1.165, 1.54) is 42.5 Å². The number of halogens is 2. The van der Waals surface area contributed by atoms with Crippen LogP contribution in [0.15, 0.2) is 58.2 Å². The van der Waals surface area contributed by atoms with Crippen molar-refractivity contribution in [1.29, 1.82) is 0 Å².